The van der Waals surface area contributed by atoms with E-state index in [2.05, 4.69) is 62.5 Å². The van der Waals surface area contributed by atoms with Crippen LogP contribution in [0.4, 0.5) is 0 Å². The van der Waals surface area contributed by atoms with E-state index in [0.717, 1.165) is 76.5 Å². The predicted octanol–water partition coefficient (Wildman–Crippen LogP) is 10.3. The molecule has 0 saturated carbocycles. The van der Waals surface area contributed by atoms with Gasteiger partial charge in [0, 0.05) is 19.4 Å². The molecule has 0 rings (SSSR count). The molecule has 0 heterocycles. The van der Waals surface area contributed by atoms with Gasteiger partial charge >= 0.3 is 11.9 Å². The van der Waals surface area contributed by atoms with E-state index in [0.29, 0.717) is 19.4 Å². The van der Waals surface area contributed by atoms with Gasteiger partial charge in [-0.3, -0.25) is 9.59 Å². The summed E-state index contributed by atoms with van der Waals surface area (Å²) in [4.78, 5) is 24.2. The summed E-state index contributed by atoms with van der Waals surface area (Å²) in [5, 5.41) is 18.3. The summed E-state index contributed by atoms with van der Waals surface area (Å²) >= 11 is 0. The maximum Gasteiger partial charge on any atom is 0.306 e. The molecule has 0 bridgehead atoms. The van der Waals surface area contributed by atoms with E-state index >= 15 is 0 Å². The molecule has 0 unspecified atom stereocenters. The molecule has 0 radical (unpaired) electrons. The average Bonchev–Trinajstić information content (AvgIpc) is 3.04. The van der Waals surface area contributed by atoms with Gasteiger partial charge < -0.3 is 19.7 Å². The quantitative estimate of drug-likeness (QED) is 0.0419. The summed E-state index contributed by atoms with van der Waals surface area (Å²) in [5.74, 6) is 0.156. The fraction of sp³-hybridized carbons (Fsp3) is 0.750. The third-order valence-corrected chi connectivity index (χ3v) is 7.86. The SMILES string of the molecule is CC(C)CCCCCCCCCCCCCC(=O)OC[C@H](CO)OC(=O)CCC/C=C\C/C=C\C/C=C\C/C=C\CCCCCO. The molecule has 6 nitrogen and oxygen atoms in total. The van der Waals surface area contributed by atoms with Gasteiger partial charge in [0.05, 0.1) is 6.61 Å². The largest absolute Gasteiger partial charge is 0.462 e. The second-order valence-corrected chi connectivity index (χ2v) is 12.9. The van der Waals surface area contributed by atoms with Crippen LogP contribution in [0, 0.1) is 5.92 Å². The van der Waals surface area contributed by atoms with Crippen molar-refractivity contribution in [1.82, 2.24) is 0 Å². The topological polar surface area (TPSA) is 93.1 Å². The van der Waals surface area contributed by atoms with Crippen LogP contribution in [-0.4, -0.2) is 48.1 Å². The Morgan fingerprint density at radius 2 is 1.00 bits per heavy atom. The summed E-state index contributed by atoms with van der Waals surface area (Å²) in [6.07, 6.45) is 40.4. The Morgan fingerprint density at radius 3 is 1.52 bits per heavy atom. The Morgan fingerprint density at radius 1 is 0.543 bits per heavy atom. The van der Waals surface area contributed by atoms with Crippen LogP contribution in [0.5, 0.6) is 0 Å². The van der Waals surface area contributed by atoms with Gasteiger partial charge in [-0.25, -0.2) is 0 Å². The van der Waals surface area contributed by atoms with Crippen molar-refractivity contribution in [3.05, 3.63) is 48.6 Å². The second-order valence-electron chi connectivity index (χ2n) is 12.9. The van der Waals surface area contributed by atoms with E-state index in [9.17, 15) is 14.7 Å². The van der Waals surface area contributed by atoms with Crippen LogP contribution < -0.4 is 0 Å². The molecule has 46 heavy (non-hydrogen) atoms. The highest BCUT2D eigenvalue weighted by atomic mass is 16.6. The minimum absolute atomic E-state index is 0.0944. The number of carbonyl (C=O) groups excluding carboxylic acids is 2. The van der Waals surface area contributed by atoms with E-state index in [-0.39, 0.29) is 31.6 Å². The average molecular weight is 647 g/mol. The number of allylic oxidation sites excluding steroid dienone is 8. The molecule has 6 heteroatoms. The fourth-order valence-corrected chi connectivity index (χ4v) is 5.00. The smallest absolute Gasteiger partial charge is 0.306 e. The molecule has 0 aliphatic rings. The van der Waals surface area contributed by atoms with Crippen LogP contribution in [0.25, 0.3) is 0 Å². The lowest BCUT2D eigenvalue weighted by Gasteiger charge is -2.15. The van der Waals surface area contributed by atoms with E-state index in [1.54, 1.807) is 0 Å². The first-order valence-corrected chi connectivity index (χ1v) is 18.7. The molecule has 0 aromatic rings. The molecule has 266 valence electrons. The van der Waals surface area contributed by atoms with Gasteiger partial charge in [0.15, 0.2) is 6.10 Å². The number of carbonyl (C=O) groups is 2. The minimum Gasteiger partial charge on any atom is -0.462 e. The van der Waals surface area contributed by atoms with E-state index < -0.39 is 6.10 Å². The van der Waals surface area contributed by atoms with Crippen LogP contribution in [0.1, 0.15) is 162 Å². The Hall–Kier alpha value is -2.18. The summed E-state index contributed by atoms with van der Waals surface area (Å²) in [7, 11) is 0. The van der Waals surface area contributed by atoms with Crippen molar-refractivity contribution in [2.75, 3.05) is 19.8 Å². The van der Waals surface area contributed by atoms with E-state index in [4.69, 9.17) is 14.6 Å². The van der Waals surface area contributed by atoms with Crippen molar-refractivity contribution in [2.24, 2.45) is 5.92 Å². The highest BCUT2D eigenvalue weighted by Crippen LogP contribution is 2.14. The number of esters is 2. The standard InChI is InChI=1S/C40H70O6/c1-37(2)31-27-23-19-15-11-10-13-16-20-24-28-32-39(43)45-36-38(35-42)46-40(44)33-29-25-21-17-12-8-6-4-3-5-7-9-14-18-22-26-30-34-41/h3,5-6,8-9,14,17,21,37-38,41-42H,4,7,10-13,15-16,18-20,22-36H2,1-2H3/b5-3-,8-6-,14-9-,21-17-/t38-/m0/s1. The zero-order valence-corrected chi connectivity index (χ0v) is 29.7. The van der Waals surface area contributed by atoms with Gasteiger partial charge in [-0.2, -0.15) is 0 Å². The molecule has 0 aliphatic carbocycles. The Kier molecular flexibility index (Phi) is 34.0. The first kappa shape index (κ1) is 43.8. The normalized spacial score (nSPS) is 12.8. The van der Waals surface area contributed by atoms with Crippen molar-refractivity contribution in [3.8, 4) is 0 Å². The van der Waals surface area contributed by atoms with Crippen LogP contribution in [0.2, 0.25) is 0 Å². The first-order chi connectivity index (χ1) is 22.5. The van der Waals surface area contributed by atoms with Crippen molar-refractivity contribution >= 4 is 11.9 Å². The zero-order valence-electron chi connectivity index (χ0n) is 29.7. The summed E-state index contributed by atoms with van der Waals surface area (Å²) < 4.78 is 10.5. The summed E-state index contributed by atoms with van der Waals surface area (Å²) in [5.41, 5.74) is 0. The van der Waals surface area contributed by atoms with Gasteiger partial charge in [0.1, 0.15) is 6.61 Å². The Balaban J connectivity index is 3.68. The number of unbranched alkanes of at least 4 members (excludes halogenated alkanes) is 14. The number of hydrogen-bond acceptors (Lipinski definition) is 6. The lowest BCUT2D eigenvalue weighted by molar-refractivity contribution is -0.161. The van der Waals surface area contributed by atoms with Gasteiger partial charge in [-0.15, -0.1) is 0 Å². The van der Waals surface area contributed by atoms with Crippen LogP contribution in [-0.2, 0) is 19.1 Å². The second kappa shape index (κ2) is 35.7. The number of hydrogen-bond donors (Lipinski definition) is 2. The van der Waals surface area contributed by atoms with Crippen molar-refractivity contribution in [1.29, 1.82) is 0 Å². The fourth-order valence-electron chi connectivity index (χ4n) is 5.00. The first-order valence-electron chi connectivity index (χ1n) is 18.7. The number of aliphatic hydroxyl groups is 2. The molecular formula is C40H70O6. The molecule has 0 saturated heterocycles. The third kappa shape index (κ3) is 34.7. The molecule has 0 fully saturated rings. The molecule has 0 aromatic heterocycles. The maximum atomic E-state index is 12.1. The number of ether oxygens (including phenoxy) is 2. The molecule has 1 atom stereocenters. The molecular weight excluding hydrogens is 576 g/mol. The number of aliphatic hydroxyl groups excluding tert-OH is 2. The van der Waals surface area contributed by atoms with E-state index in [1.807, 2.05) is 0 Å². The van der Waals surface area contributed by atoms with Gasteiger partial charge in [0.25, 0.3) is 0 Å². The van der Waals surface area contributed by atoms with Crippen LogP contribution >= 0.6 is 0 Å². The zero-order chi connectivity index (χ0) is 33.8. The minimum atomic E-state index is -0.806. The van der Waals surface area contributed by atoms with Crippen molar-refractivity contribution in [3.63, 3.8) is 0 Å². The molecule has 0 spiro atoms. The van der Waals surface area contributed by atoms with Crippen LogP contribution in [0.3, 0.4) is 0 Å². The molecule has 0 aromatic carbocycles. The monoisotopic (exact) mass is 647 g/mol. The predicted molar refractivity (Wildman–Crippen MR) is 193 cm³/mol. The van der Waals surface area contributed by atoms with Crippen molar-refractivity contribution < 1.29 is 29.3 Å². The number of rotatable bonds is 33. The molecule has 0 aliphatic heterocycles. The van der Waals surface area contributed by atoms with E-state index in [1.165, 1.54) is 57.8 Å². The Bertz CT molecular complexity index is 798. The summed E-state index contributed by atoms with van der Waals surface area (Å²) in [6.45, 7) is 4.43. The van der Waals surface area contributed by atoms with Gasteiger partial charge in [-0.1, -0.05) is 140 Å². The summed E-state index contributed by atoms with van der Waals surface area (Å²) in [6, 6.07) is 0. The van der Waals surface area contributed by atoms with Crippen LogP contribution in [0.15, 0.2) is 48.6 Å². The van der Waals surface area contributed by atoms with Crippen molar-refractivity contribution in [2.45, 2.75) is 168 Å². The maximum absolute atomic E-state index is 12.1. The highest BCUT2D eigenvalue weighted by Gasteiger charge is 2.15. The Labute approximate surface area is 282 Å². The molecule has 2 N–H and O–H groups in total. The highest BCUT2D eigenvalue weighted by molar-refractivity contribution is 5.70. The van der Waals surface area contributed by atoms with Gasteiger partial charge in [-0.05, 0) is 63.7 Å². The molecule has 0 amide bonds. The lowest BCUT2D eigenvalue weighted by atomic mass is 10.0. The third-order valence-electron chi connectivity index (χ3n) is 7.86. The lowest BCUT2D eigenvalue weighted by Crippen LogP contribution is -2.28. The van der Waals surface area contributed by atoms with Gasteiger partial charge in [0.2, 0.25) is 0 Å².